The number of aldehydes is 1. The Balaban J connectivity index is 5.38. The Hall–Kier alpha value is -1.83. The number of hydrogen-bond donors (Lipinski definition) is 0. The van der Waals surface area contributed by atoms with Gasteiger partial charge in [-0.15, -0.1) is 11.8 Å². The number of carbonyl (C=O) groups excluding carboxylic acids is 3. The van der Waals surface area contributed by atoms with Crippen molar-refractivity contribution in [2.24, 2.45) is 5.41 Å². The van der Waals surface area contributed by atoms with E-state index >= 15 is 0 Å². The van der Waals surface area contributed by atoms with Gasteiger partial charge in [-0.25, -0.2) is 0 Å². The summed E-state index contributed by atoms with van der Waals surface area (Å²) in [4.78, 5) is 34.7. The average molecular weight is 268 g/mol. The normalized spacial score (nSPS) is 10.1. The smallest absolute Gasteiger partial charge is 0.324 e. The molecule has 0 fully saturated rings. The molecule has 0 spiro atoms. The molecule has 0 bridgehead atoms. The predicted octanol–water partition coefficient (Wildman–Crippen LogP) is 1.49. The summed E-state index contributed by atoms with van der Waals surface area (Å²) in [6.07, 6.45) is 0.771. The van der Waals surface area contributed by atoms with Crippen molar-refractivity contribution in [1.29, 1.82) is 0 Å². The molecule has 0 saturated heterocycles. The zero-order valence-corrected chi connectivity index (χ0v) is 11.7. The topological polar surface area (TPSA) is 69.7 Å². The number of rotatable bonds is 8. The second-order valence-corrected chi connectivity index (χ2v) is 3.83. The molecule has 0 aromatic rings. The first-order valence-corrected chi connectivity index (χ1v) is 6.26. The summed E-state index contributed by atoms with van der Waals surface area (Å²) in [5.41, 5.74) is -1.50. The molecule has 0 rings (SSSR count). The van der Waals surface area contributed by atoms with Gasteiger partial charge in [-0.3, -0.25) is 9.59 Å². The first kappa shape index (κ1) is 17.2. The van der Waals surface area contributed by atoms with Crippen molar-refractivity contribution in [2.75, 3.05) is 13.2 Å². The maximum absolute atomic E-state index is 12.1. The lowest BCUT2D eigenvalue weighted by molar-refractivity contribution is -0.172. The molecule has 0 radical (unpaired) electrons. The van der Waals surface area contributed by atoms with Gasteiger partial charge in [-0.2, -0.15) is 0 Å². The van der Waals surface area contributed by atoms with Crippen molar-refractivity contribution < 1.29 is 23.9 Å². The quantitative estimate of drug-likeness (QED) is 0.289. The first-order valence-electron chi connectivity index (χ1n) is 6.26. The third-order valence-electron chi connectivity index (χ3n) is 2.59. The first-order chi connectivity index (χ1) is 9.08. The number of esters is 2. The fraction of sp³-hybridized carbons (Fsp3) is 0.643. The van der Waals surface area contributed by atoms with E-state index in [-0.39, 0.29) is 32.5 Å². The largest absolute Gasteiger partial charge is 0.465 e. The Labute approximate surface area is 113 Å². The second kappa shape index (κ2) is 9.15. The predicted molar refractivity (Wildman–Crippen MR) is 69.1 cm³/mol. The van der Waals surface area contributed by atoms with Crippen LogP contribution in [0.3, 0.4) is 0 Å². The van der Waals surface area contributed by atoms with Crippen molar-refractivity contribution in [3.8, 4) is 11.8 Å². The standard InChI is InChI=1S/C14H20O5/c1-4-7-9-14(10-8-11-15,12(16)18-5-2)13(17)19-6-3/h11H,5-6,8-10H2,1-3H3. The summed E-state index contributed by atoms with van der Waals surface area (Å²) >= 11 is 0. The highest BCUT2D eigenvalue weighted by Crippen LogP contribution is 2.31. The van der Waals surface area contributed by atoms with Crippen molar-refractivity contribution in [2.45, 2.75) is 40.0 Å². The van der Waals surface area contributed by atoms with Crippen LogP contribution in [0.1, 0.15) is 40.0 Å². The Morgan fingerprint density at radius 2 is 1.68 bits per heavy atom. The minimum atomic E-state index is -1.50. The monoisotopic (exact) mass is 268 g/mol. The molecule has 19 heavy (non-hydrogen) atoms. The van der Waals surface area contributed by atoms with Crippen LogP contribution in [0.25, 0.3) is 0 Å². The van der Waals surface area contributed by atoms with Crippen molar-refractivity contribution in [1.82, 2.24) is 0 Å². The van der Waals surface area contributed by atoms with Crippen LogP contribution in [0.2, 0.25) is 0 Å². The highest BCUT2D eigenvalue weighted by atomic mass is 16.6. The Kier molecular flexibility index (Phi) is 8.27. The summed E-state index contributed by atoms with van der Waals surface area (Å²) in [6.45, 7) is 5.22. The molecule has 5 heteroatoms. The van der Waals surface area contributed by atoms with Gasteiger partial charge in [0.2, 0.25) is 0 Å². The lowest BCUT2D eigenvalue weighted by Crippen LogP contribution is -2.42. The molecular formula is C14H20O5. The summed E-state index contributed by atoms with van der Waals surface area (Å²) in [5.74, 6) is 3.98. The van der Waals surface area contributed by atoms with Crippen molar-refractivity contribution in [3.05, 3.63) is 0 Å². The van der Waals surface area contributed by atoms with E-state index in [0.717, 1.165) is 0 Å². The van der Waals surface area contributed by atoms with Crippen LogP contribution in [0.5, 0.6) is 0 Å². The minimum Gasteiger partial charge on any atom is -0.465 e. The van der Waals surface area contributed by atoms with Gasteiger partial charge in [0.25, 0.3) is 0 Å². The van der Waals surface area contributed by atoms with Gasteiger partial charge in [0.1, 0.15) is 6.29 Å². The van der Waals surface area contributed by atoms with Crippen LogP contribution in [-0.4, -0.2) is 31.4 Å². The molecule has 0 saturated carbocycles. The maximum Gasteiger partial charge on any atom is 0.324 e. The van der Waals surface area contributed by atoms with E-state index in [4.69, 9.17) is 9.47 Å². The molecule has 0 unspecified atom stereocenters. The van der Waals surface area contributed by atoms with Gasteiger partial charge in [-0.05, 0) is 27.2 Å². The summed E-state index contributed by atoms with van der Waals surface area (Å²) in [7, 11) is 0. The summed E-state index contributed by atoms with van der Waals surface area (Å²) < 4.78 is 9.89. The Morgan fingerprint density at radius 1 is 1.16 bits per heavy atom. The fourth-order valence-electron chi connectivity index (χ4n) is 1.60. The zero-order chi connectivity index (χ0) is 14.7. The number of ether oxygens (including phenoxy) is 2. The van der Waals surface area contributed by atoms with Crippen LogP contribution in [0, 0.1) is 17.3 Å². The van der Waals surface area contributed by atoms with E-state index in [1.807, 2.05) is 0 Å². The third kappa shape index (κ3) is 4.74. The van der Waals surface area contributed by atoms with Crippen molar-refractivity contribution in [3.63, 3.8) is 0 Å². The molecule has 0 heterocycles. The third-order valence-corrected chi connectivity index (χ3v) is 2.59. The second-order valence-electron chi connectivity index (χ2n) is 3.83. The SMILES string of the molecule is CC#CCC(CCC=O)(C(=O)OCC)C(=O)OCC. The Bertz CT molecular complexity index is 357. The molecular weight excluding hydrogens is 248 g/mol. The van der Waals surface area contributed by atoms with Gasteiger partial charge in [0.05, 0.1) is 13.2 Å². The highest BCUT2D eigenvalue weighted by molar-refractivity contribution is 6.00. The van der Waals surface area contributed by atoms with Crippen LogP contribution < -0.4 is 0 Å². The van der Waals surface area contributed by atoms with E-state index in [2.05, 4.69) is 11.8 Å². The zero-order valence-electron chi connectivity index (χ0n) is 11.7. The average Bonchev–Trinajstić information content (AvgIpc) is 2.40. The fourth-order valence-corrected chi connectivity index (χ4v) is 1.60. The van der Waals surface area contributed by atoms with Crippen LogP contribution >= 0.6 is 0 Å². The van der Waals surface area contributed by atoms with Gasteiger partial charge >= 0.3 is 11.9 Å². The van der Waals surface area contributed by atoms with E-state index in [9.17, 15) is 14.4 Å². The molecule has 0 N–H and O–H groups in total. The molecule has 0 aliphatic carbocycles. The molecule has 5 nitrogen and oxygen atoms in total. The van der Waals surface area contributed by atoms with Crippen LogP contribution in [0.15, 0.2) is 0 Å². The van der Waals surface area contributed by atoms with E-state index in [1.54, 1.807) is 20.8 Å². The van der Waals surface area contributed by atoms with Gasteiger partial charge in [0, 0.05) is 12.8 Å². The number of hydrogen-bond acceptors (Lipinski definition) is 5. The van der Waals surface area contributed by atoms with Gasteiger partial charge in [-0.1, -0.05) is 0 Å². The minimum absolute atomic E-state index is 0.00495. The molecule has 0 aliphatic heterocycles. The molecule has 0 amide bonds. The molecule has 0 aromatic heterocycles. The van der Waals surface area contributed by atoms with Crippen LogP contribution in [0.4, 0.5) is 0 Å². The lowest BCUT2D eigenvalue weighted by Gasteiger charge is -2.26. The summed E-state index contributed by atoms with van der Waals surface area (Å²) in [6, 6.07) is 0. The molecule has 0 aromatic carbocycles. The van der Waals surface area contributed by atoms with Gasteiger partial charge < -0.3 is 14.3 Å². The van der Waals surface area contributed by atoms with Crippen molar-refractivity contribution >= 4 is 18.2 Å². The Morgan fingerprint density at radius 3 is 2.05 bits per heavy atom. The molecule has 106 valence electrons. The molecule has 0 atom stereocenters. The number of carbonyl (C=O) groups is 3. The van der Waals surface area contributed by atoms with Gasteiger partial charge in [0.15, 0.2) is 5.41 Å². The van der Waals surface area contributed by atoms with Crippen LogP contribution in [-0.2, 0) is 23.9 Å². The molecule has 0 aliphatic rings. The van der Waals surface area contributed by atoms with E-state index in [0.29, 0.717) is 6.29 Å². The highest BCUT2D eigenvalue weighted by Gasteiger charge is 2.47. The maximum atomic E-state index is 12.1. The summed E-state index contributed by atoms with van der Waals surface area (Å²) in [5, 5.41) is 0. The lowest BCUT2D eigenvalue weighted by atomic mass is 9.80. The van der Waals surface area contributed by atoms with E-state index in [1.165, 1.54) is 0 Å². The van der Waals surface area contributed by atoms with E-state index < -0.39 is 17.4 Å².